The number of rotatable bonds is 11. The van der Waals surface area contributed by atoms with Gasteiger partial charge in [-0.25, -0.2) is 9.97 Å². The summed E-state index contributed by atoms with van der Waals surface area (Å²) in [5, 5.41) is 28.4. The maximum Gasteiger partial charge on any atom is 0.305 e. The highest BCUT2D eigenvalue weighted by molar-refractivity contribution is 5.81. The third kappa shape index (κ3) is 6.51. The Morgan fingerprint density at radius 1 is 1.18 bits per heavy atom. The van der Waals surface area contributed by atoms with Crippen molar-refractivity contribution in [3.63, 3.8) is 0 Å². The van der Waals surface area contributed by atoms with Crippen molar-refractivity contribution in [2.24, 2.45) is 0 Å². The van der Waals surface area contributed by atoms with Crippen LogP contribution in [-0.4, -0.2) is 61.3 Å². The monoisotopic (exact) mass is 545 g/mol. The van der Waals surface area contributed by atoms with Gasteiger partial charge in [0, 0.05) is 35.8 Å². The SMILES string of the molecule is Cc1cc(C(CC(=O)O)n2ncc3cc(OCCc4ccc5c(n4)NCCC5)ccc32)cnc1OCC(C)(C)O. The Bertz CT molecular complexity index is 1510. The summed E-state index contributed by atoms with van der Waals surface area (Å²) < 4.78 is 13.4. The third-order valence-electron chi connectivity index (χ3n) is 6.81. The number of benzene rings is 1. The number of anilines is 1. The van der Waals surface area contributed by atoms with Crippen molar-refractivity contribution >= 4 is 22.7 Å². The highest BCUT2D eigenvalue weighted by atomic mass is 16.5. The van der Waals surface area contributed by atoms with Crippen LogP contribution < -0.4 is 14.8 Å². The topological polar surface area (TPSA) is 132 Å². The summed E-state index contributed by atoms with van der Waals surface area (Å²) in [6, 6.07) is 11.2. The lowest BCUT2D eigenvalue weighted by Crippen LogP contribution is -2.28. The average Bonchev–Trinajstić information content (AvgIpc) is 3.33. The fraction of sp³-hybridized carbons (Fsp3) is 0.400. The van der Waals surface area contributed by atoms with Crippen LogP contribution in [0.2, 0.25) is 0 Å². The summed E-state index contributed by atoms with van der Waals surface area (Å²) in [5.41, 5.74) is 3.49. The molecule has 0 aliphatic carbocycles. The van der Waals surface area contributed by atoms with Gasteiger partial charge in [0.05, 0.1) is 36.4 Å². The van der Waals surface area contributed by atoms with Gasteiger partial charge in [-0.15, -0.1) is 0 Å². The molecule has 10 heteroatoms. The molecule has 4 aromatic rings. The van der Waals surface area contributed by atoms with E-state index in [1.807, 2.05) is 31.2 Å². The Labute approximate surface area is 233 Å². The molecule has 4 heterocycles. The minimum Gasteiger partial charge on any atom is -0.493 e. The average molecular weight is 546 g/mol. The second-order valence-corrected chi connectivity index (χ2v) is 10.9. The molecule has 3 aromatic heterocycles. The van der Waals surface area contributed by atoms with E-state index in [1.165, 1.54) is 5.56 Å². The summed E-state index contributed by atoms with van der Waals surface area (Å²) >= 11 is 0. The summed E-state index contributed by atoms with van der Waals surface area (Å²) in [6.45, 7) is 6.69. The van der Waals surface area contributed by atoms with Crippen molar-refractivity contribution < 1.29 is 24.5 Å². The molecule has 0 amide bonds. The predicted molar refractivity (Wildman–Crippen MR) is 151 cm³/mol. The number of pyridine rings is 2. The van der Waals surface area contributed by atoms with Crippen LogP contribution in [0.5, 0.6) is 11.6 Å². The number of aromatic nitrogens is 4. The smallest absolute Gasteiger partial charge is 0.305 e. The van der Waals surface area contributed by atoms with E-state index in [-0.39, 0.29) is 13.0 Å². The van der Waals surface area contributed by atoms with Gasteiger partial charge in [0.25, 0.3) is 0 Å². The Hall–Kier alpha value is -4.18. The van der Waals surface area contributed by atoms with Crippen molar-refractivity contribution in [2.75, 3.05) is 25.1 Å². The molecule has 1 aliphatic rings. The molecule has 40 heavy (non-hydrogen) atoms. The molecule has 10 nitrogen and oxygen atoms in total. The molecule has 0 saturated carbocycles. The molecule has 0 radical (unpaired) electrons. The number of nitrogens with one attached hydrogen (secondary N) is 1. The number of aliphatic carboxylic acids is 1. The van der Waals surface area contributed by atoms with Crippen LogP contribution in [0.1, 0.15) is 55.1 Å². The number of fused-ring (bicyclic) bond motifs is 2. The first-order chi connectivity index (χ1) is 19.2. The lowest BCUT2D eigenvalue weighted by molar-refractivity contribution is -0.137. The number of carboxylic acid groups (broad SMARTS) is 1. The number of nitrogens with zero attached hydrogens (tertiary/aromatic N) is 4. The molecule has 1 aromatic carbocycles. The van der Waals surface area contributed by atoms with Gasteiger partial charge < -0.3 is 25.0 Å². The first-order valence-corrected chi connectivity index (χ1v) is 13.5. The van der Waals surface area contributed by atoms with E-state index in [4.69, 9.17) is 14.5 Å². The van der Waals surface area contributed by atoms with Crippen LogP contribution in [0, 0.1) is 6.92 Å². The highest BCUT2D eigenvalue weighted by Gasteiger charge is 2.23. The van der Waals surface area contributed by atoms with Gasteiger partial charge in [-0.2, -0.15) is 5.10 Å². The fourth-order valence-electron chi connectivity index (χ4n) is 4.82. The van der Waals surface area contributed by atoms with Crippen LogP contribution in [-0.2, 0) is 17.6 Å². The van der Waals surface area contributed by atoms with Gasteiger partial charge in [0.15, 0.2) is 0 Å². The zero-order valence-electron chi connectivity index (χ0n) is 23.1. The molecule has 1 unspecified atom stereocenters. The number of hydrogen-bond acceptors (Lipinski definition) is 8. The number of ether oxygens (including phenoxy) is 2. The predicted octanol–water partition coefficient (Wildman–Crippen LogP) is 4.33. The minimum absolute atomic E-state index is 0.0912. The molecule has 3 N–H and O–H groups in total. The maximum absolute atomic E-state index is 11.8. The van der Waals surface area contributed by atoms with Crippen molar-refractivity contribution in [2.45, 2.75) is 58.1 Å². The van der Waals surface area contributed by atoms with Gasteiger partial charge in [0.1, 0.15) is 18.2 Å². The van der Waals surface area contributed by atoms with Crippen LogP contribution in [0.4, 0.5) is 5.82 Å². The third-order valence-corrected chi connectivity index (χ3v) is 6.81. The second kappa shape index (κ2) is 11.5. The largest absolute Gasteiger partial charge is 0.493 e. The van der Waals surface area contributed by atoms with E-state index in [0.29, 0.717) is 30.2 Å². The van der Waals surface area contributed by atoms with Gasteiger partial charge in [-0.1, -0.05) is 6.07 Å². The molecule has 5 rings (SSSR count). The van der Waals surface area contributed by atoms with Gasteiger partial charge in [-0.05, 0) is 75.1 Å². The molecule has 210 valence electrons. The molecule has 1 atom stereocenters. The van der Waals surface area contributed by atoms with E-state index in [2.05, 4.69) is 27.5 Å². The normalized spacial score (nSPS) is 13.9. The van der Waals surface area contributed by atoms with Crippen LogP contribution in [0.25, 0.3) is 10.9 Å². The van der Waals surface area contributed by atoms with Crippen molar-refractivity contribution in [3.05, 3.63) is 71.2 Å². The number of aryl methyl sites for hydroxylation is 2. The lowest BCUT2D eigenvalue weighted by atomic mass is 10.0. The van der Waals surface area contributed by atoms with Crippen LogP contribution >= 0.6 is 0 Å². The summed E-state index contributed by atoms with van der Waals surface area (Å²) in [6.07, 6.45) is 6.04. The molecule has 1 aliphatic heterocycles. The molecule has 0 bridgehead atoms. The Balaban J connectivity index is 1.30. The van der Waals surface area contributed by atoms with E-state index in [1.54, 1.807) is 30.9 Å². The molecular formula is C30H35N5O5. The lowest BCUT2D eigenvalue weighted by Gasteiger charge is -2.20. The number of carbonyl (C=O) groups is 1. The maximum atomic E-state index is 11.8. The second-order valence-electron chi connectivity index (χ2n) is 10.9. The minimum atomic E-state index is -0.995. The van der Waals surface area contributed by atoms with E-state index in [0.717, 1.165) is 47.4 Å². The number of carboxylic acids is 1. The van der Waals surface area contributed by atoms with Crippen molar-refractivity contribution in [3.8, 4) is 11.6 Å². The molecule has 0 fully saturated rings. The van der Waals surface area contributed by atoms with Gasteiger partial charge in [-0.3, -0.25) is 9.48 Å². The standard InChI is InChI=1S/C30H35N5O5/c1-19-13-21(16-32-29(19)40-18-30(2,3)38)26(15-27(36)37)35-25-9-8-24(14-22(25)17-33-35)39-12-10-23-7-6-20-5-4-11-31-28(20)34-23/h6-9,13-14,16-17,26,38H,4-5,10-12,15,18H2,1-3H3,(H,31,34)(H,36,37). The Morgan fingerprint density at radius 3 is 2.80 bits per heavy atom. The highest BCUT2D eigenvalue weighted by Crippen LogP contribution is 2.30. The van der Waals surface area contributed by atoms with Gasteiger partial charge >= 0.3 is 5.97 Å². The summed E-state index contributed by atoms with van der Waals surface area (Å²) in [4.78, 5) is 20.9. The van der Waals surface area contributed by atoms with Crippen molar-refractivity contribution in [1.29, 1.82) is 0 Å². The zero-order valence-corrected chi connectivity index (χ0v) is 23.1. The van der Waals surface area contributed by atoms with Gasteiger partial charge in [0.2, 0.25) is 5.88 Å². The van der Waals surface area contributed by atoms with E-state index >= 15 is 0 Å². The molecule has 0 spiro atoms. The quantitative estimate of drug-likeness (QED) is 0.252. The number of hydrogen-bond donors (Lipinski definition) is 3. The Morgan fingerprint density at radius 2 is 2.02 bits per heavy atom. The first-order valence-electron chi connectivity index (χ1n) is 13.5. The number of aliphatic hydroxyl groups is 1. The molecule has 0 saturated heterocycles. The van der Waals surface area contributed by atoms with Crippen LogP contribution in [0.3, 0.4) is 0 Å². The Kier molecular flexibility index (Phi) is 7.88. The first kappa shape index (κ1) is 27.4. The molecular weight excluding hydrogens is 510 g/mol. The zero-order chi connectivity index (χ0) is 28.3. The van der Waals surface area contributed by atoms with E-state index in [9.17, 15) is 15.0 Å². The summed E-state index contributed by atoms with van der Waals surface area (Å²) in [7, 11) is 0. The summed E-state index contributed by atoms with van der Waals surface area (Å²) in [5.74, 6) is 1.15. The van der Waals surface area contributed by atoms with Crippen molar-refractivity contribution in [1.82, 2.24) is 19.7 Å². The fourth-order valence-corrected chi connectivity index (χ4v) is 4.82. The van der Waals surface area contributed by atoms with E-state index < -0.39 is 17.6 Å². The van der Waals surface area contributed by atoms with Crippen LogP contribution in [0.15, 0.2) is 48.8 Å².